The van der Waals surface area contributed by atoms with Crippen molar-refractivity contribution in [2.24, 2.45) is 0 Å². The second-order valence-electron chi connectivity index (χ2n) is 7.77. The van der Waals surface area contributed by atoms with Crippen LogP contribution in [-0.2, 0) is 24.8 Å². The molecule has 28 heavy (non-hydrogen) atoms. The molecule has 2 aliphatic rings. The summed E-state index contributed by atoms with van der Waals surface area (Å²) < 4.78 is 0. The predicted molar refractivity (Wildman–Crippen MR) is 113 cm³/mol. The van der Waals surface area contributed by atoms with Gasteiger partial charge in [0.2, 0.25) is 0 Å². The number of fused-ring (bicyclic) bond motifs is 1. The fourth-order valence-electron chi connectivity index (χ4n) is 4.03. The van der Waals surface area contributed by atoms with Gasteiger partial charge in [-0.1, -0.05) is 42.5 Å². The summed E-state index contributed by atoms with van der Waals surface area (Å²) in [5.74, 6) is 0.102. The van der Waals surface area contributed by atoms with Crippen LogP contribution in [0.5, 0.6) is 0 Å². The number of carbonyl (C=O) groups is 1. The lowest BCUT2D eigenvalue weighted by atomic mass is 9.94. The Bertz CT molecular complexity index is 1010. The van der Waals surface area contributed by atoms with Gasteiger partial charge in [-0.05, 0) is 30.0 Å². The zero-order valence-corrected chi connectivity index (χ0v) is 16.5. The van der Waals surface area contributed by atoms with Crippen LogP contribution in [0, 0.1) is 0 Å². The lowest BCUT2D eigenvalue weighted by Gasteiger charge is -2.13. The minimum atomic E-state index is 0.0629. The standard InChI is InChI=1S/C23H23N3OS/c24-18-4-2-1-3-16(18)13-20(27)15-5-7-17(8-6-15)23(10-11-23)22-26-19-9-12-25-14-21(19)28-22/h1-8,25H,9-14,24H2. The van der Waals surface area contributed by atoms with Crippen molar-refractivity contribution in [3.8, 4) is 0 Å². The number of nitrogens with zero attached hydrogens (tertiary/aromatic N) is 1. The number of ketones is 1. The molecule has 0 saturated heterocycles. The molecule has 1 aliphatic heterocycles. The lowest BCUT2D eigenvalue weighted by Crippen LogP contribution is -2.22. The molecule has 1 aromatic heterocycles. The number of nitrogen functional groups attached to an aromatic ring is 1. The molecule has 0 bridgehead atoms. The molecule has 0 unspecified atom stereocenters. The monoisotopic (exact) mass is 389 g/mol. The third-order valence-corrected chi connectivity index (χ3v) is 7.23. The Morgan fingerprint density at radius 1 is 1.14 bits per heavy atom. The van der Waals surface area contributed by atoms with E-state index in [0.29, 0.717) is 12.1 Å². The van der Waals surface area contributed by atoms with E-state index in [4.69, 9.17) is 10.7 Å². The summed E-state index contributed by atoms with van der Waals surface area (Å²) in [4.78, 5) is 19.0. The molecule has 3 aromatic rings. The van der Waals surface area contributed by atoms with Crippen LogP contribution in [0.25, 0.3) is 0 Å². The van der Waals surface area contributed by atoms with Gasteiger partial charge in [-0.25, -0.2) is 4.98 Å². The normalized spacial score (nSPS) is 17.1. The van der Waals surface area contributed by atoms with E-state index in [2.05, 4.69) is 17.4 Å². The van der Waals surface area contributed by atoms with Crippen LogP contribution in [-0.4, -0.2) is 17.3 Å². The Balaban J connectivity index is 1.37. The highest BCUT2D eigenvalue weighted by molar-refractivity contribution is 7.12. The van der Waals surface area contributed by atoms with Gasteiger partial charge in [-0.2, -0.15) is 0 Å². The van der Waals surface area contributed by atoms with E-state index in [-0.39, 0.29) is 11.2 Å². The minimum Gasteiger partial charge on any atom is -0.398 e. The molecule has 1 saturated carbocycles. The number of para-hydroxylation sites is 1. The number of anilines is 1. The van der Waals surface area contributed by atoms with E-state index in [1.807, 2.05) is 47.7 Å². The number of carbonyl (C=O) groups excluding carboxylic acids is 1. The fourth-order valence-corrected chi connectivity index (χ4v) is 5.37. The summed E-state index contributed by atoms with van der Waals surface area (Å²) in [6.07, 6.45) is 3.64. The maximum atomic E-state index is 12.7. The molecule has 1 fully saturated rings. The Morgan fingerprint density at radius 2 is 1.93 bits per heavy atom. The van der Waals surface area contributed by atoms with Gasteiger partial charge in [-0.15, -0.1) is 11.3 Å². The Hall–Kier alpha value is -2.50. The van der Waals surface area contributed by atoms with E-state index < -0.39 is 0 Å². The highest BCUT2D eigenvalue weighted by Gasteiger charge is 2.48. The molecular formula is C23H23N3OS. The quantitative estimate of drug-likeness (QED) is 0.513. The number of Topliss-reactive ketones (excluding diaryl/α,β-unsaturated/α-hetero) is 1. The van der Waals surface area contributed by atoms with E-state index in [0.717, 1.165) is 43.5 Å². The van der Waals surface area contributed by atoms with Crippen molar-refractivity contribution < 1.29 is 4.79 Å². The van der Waals surface area contributed by atoms with Crippen LogP contribution >= 0.6 is 11.3 Å². The molecular weight excluding hydrogens is 366 g/mol. The number of nitrogens with one attached hydrogen (secondary N) is 1. The number of aromatic nitrogens is 1. The van der Waals surface area contributed by atoms with Gasteiger partial charge in [0, 0.05) is 47.5 Å². The summed E-state index contributed by atoms with van der Waals surface area (Å²) in [5, 5.41) is 4.68. The SMILES string of the molecule is Nc1ccccc1CC(=O)c1ccc(C2(c3nc4c(s3)CNCC4)CC2)cc1. The number of hydrogen-bond donors (Lipinski definition) is 2. The molecule has 1 aliphatic carbocycles. The van der Waals surface area contributed by atoms with Crippen molar-refractivity contribution in [3.63, 3.8) is 0 Å². The van der Waals surface area contributed by atoms with Crippen molar-refractivity contribution in [1.82, 2.24) is 10.3 Å². The summed E-state index contributed by atoms with van der Waals surface area (Å²) in [6.45, 7) is 1.96. The Kier molecular flexibility index (Phi) is 4.29. The number of nitrogens with two attached hydrogens (primary N) is 1. The van der Waals surface area contributed by atoms with Crippen molar-refractivity contribution >= 4 is 22.8 Å². The Labute approximate surface area is 168 Å². The number of thiazole rings is 1. The average Bonchev–Trinajstić information content (AvgIpc) is 3.42. The van der Waals surface area contributed by atoms with Gasteiger partial charge in [-0.3, -0.25) is 4.79 Å². The second kappa shape index (κ2) is 6.83. The zero-order valence-electron chi connectivity index (χ0n) is 15.7. The molecule has 2 aromatic carbocycles. The van der Waals surface area contributed by atoms with Crippen molar-refractivity contribution in [1.29, 1.82) is 0 Å². The molecule has 4 nitrogen and oxygen atoms in total. The molecule has 5 rings (SSSR count). The first-order valence-corrected chi connectivity index (χ1v) is 10.6. The van der Waals surface area contributed by atoms with Crippen LogP contribution in [0.4, 0.5) is 5.69 Å². The van der Waals surface area contributed by atoms with Crippen LogP contribution < -0.4 is 11.1 Å². The van der Waals surface area contributed by atoms with Gasteiger partial charge >= 0.3 is 0 Å². The summed E-state index contributed by atoms with van der Waals surface area (Å²) in [5.41, 5.74) is 10.9. The summed E-state index contributed by atoms with van der Waals surface area (Å²) in [6, 6.07) is 15.7. The van der Waals surface area contributed by atoms with Crippen molar-refractivity contribution in [2.45, 2.75) is 37.6 Å². The lowest BCUT2D eigenvalue weighted by molar-refractivity contribution is 0.0993. The number of hydrogen-bond acceptors (Lipinski definition) is 5. The largest absolute Gasteiger partial charge is 0.398 e. The first kappa shape index (κ1) is 17.6. The van der Waals surface area contributed by atoms with Crippen molar-refractivity contribution in [3.05, 3.63) is 80.8 Å². The van der Waals surface area contributed by atoms with E-state index >= 15 is 0 Å². The second-order valence-corrected chi connectivity index (χ2v) is 8.86. The molecule has 0 atom stereocenters. The van der Waals surface area contributed by atoms with Gasteiger partial charge in [0.1, 0.15) is 5.01 Å². The van der Waals surface area contributed by atoms with Gasteiger partial charge in [0.15, 0.2) is 5.78 Å². The molecule has 2 heterocycles. The highest BCUT2D eigenvalue weighted by atomic mass is 32.1. The van der Waals surface area contributed by atoms with Crippen LogP contribution in [0.15, 0.2) is 48.5 Å². The highest BCUT2D eigenvalue weighted by Crippen LogP contribution is 2.55. The number of rotatable bonds is 5. The topological polar surface area (TPSA) is 68.0 Å². The van der Waals surface area contributed by atoms with E-state index in [1.54, 1.807) is 0 Å². The van der Waals surface area contributed by atoms with Gasteiger partial charge in [0.05, 0.1) is 5.69 Å². The Morgan fingerprint density at radius 3 is 2.64 bits per heavy atom. The van der Waals surface area contributed by atoms with Crippen LogP contribution in [0.2, 0.25) is 0 Å². The van der Waals surface area contributed by atoms with E-state index in [9.17, 15) is 4.79 Å². The average molecular weight is 390 g/mol. The molecule has 0 radical (unpaired) electrons. The molecule has 0 spiro atoms. The third-order valence-electron chi connectivity index (χ3n) is 5.93. The smallest absolute Gasteiger partial charge is 0.167 e. The van der Waals surface area contributed by atoms with E-state index in [1.165, 1.54) is 21.1 Å². The maximum absolute atomic E-state index is 12.7. The third kappa shape index (κ3) is 3.05. The molecule has 5 heteroatoms. The maximum Gasteiger partial charge on any atom is 0.167 e. The fraction of sp³-hybridized carbons (Fsp3) is 0.304. The molecule has 142 valence electrons. The minimum absolute atomic E-state index is 0.0629. The summed E-state index contributed by atoms with van der Waals surface area (Å²) in [7, 11) is 0. The van der Waals surface area contributed by atoms with Crippen LogP contribution in [0.3, 0.4) is 0 Å². The molecule has 0 amide bonds. The first-order valence-electron chi connectivity index (χ1n) is 9.83. The predicted octanol–water partition coefficient (Wildman–Crippen LogP) is 3.88. The van der Waals surface area contributed by atoms with Gasteiger partial charge in [0.25, 0.3) is 0 Å². The van der Waals surface area contributed by atoms with Gasteiger partial charge < -0.3 is 11.1 Å². The summed E-state index contributed by atoms with van der Waals surface area (Å²) >= 11 is 1.86. The van der Waals surface area contributed by atoms with Crippen molar-refractivity contribution in [2.75, 3.05) is 12.3 Å². The number of benzene rings is 2. The zero-order chi connectivity index (χ0) is 19.1. The van der Waals surface area contributed by atoms with Crippen LogP contribution in [0.1, 0.15) is 49.9 Å². The molecule has 3 N–H and O–H groups in total. The first-order chi connectivity index (χ1) is 13.7.